The summed E-state index contributed by atoms with van der Waals surface area (Å²) in [6.45, 7) is 6.09. The molecule has 0 spiro atoms. The van der Waals surface area contributed by atoms with Gasteiger partial charge in [-0.25, -0.2) is 0 Å². The summed E-state index contributed by atoms with van der Waals surface area (Å²) in [6, 6.07) is 11.4. The summed E-state index contributed by atoms with van der Waals surface area (Å²) in [7, 11) is -4.09. The van der Waals surface area contributed by atoms with E-state index in [9.17, 15) is 14.4 Å². The molecule has 21 heavy (non-hydrogen) atoms. The van der Waals surface area contributed by atoms with Crippen LogP contribution in [0.4, 0.5) is 11.4 Å². The number of para-hydroxylation sites is 1. The lowest BCUT2D eigenvalue weighted by atomic mass is 10.0. The third kappa shape index (κ3) is 4.18. The fourth-order valence-electron chi connectivity index (χ4n) is 2.51. The molecule has 0 atom stereocenters. The van der Waals surface area contributed by atoms with Gasteiger partial charge in [0.05, 0.1) is 6.16 Å². The number of rotatable bonds is 4. The Kier molecular flexibility index (Phi) is 4.52. The SMILES string of the molecule is Cc1cc(C)c(Nc2ccccc2CP(=O)(O)O)c(C)c1. The van der Waals surface area contributed by atoms with E-state index in [1.807, 2.05) is 32.9 Å². The number of anilines is 2. The molecule has 2 rings (SSSR count). The van der Waals surface area contributed by atoms with E-state index in [-0.39, 0.29) is 6.16 Å². The van der Waals surface area contributed by atoms with Crippen molar-refractivity contribution in [2.45, 2.75) is 26.9 Å². The van der Waals surface area contributed by atoms with Gasteiger partial charge in [-0.3, -0.25) is 4.57 Å². The molecule has 5 heteroatoms. The van der Waals surface area contributed by atoms with Gasteiger partial charge < -0.3 is 15.1 Å². The van der Waals surface area contributed by atoms with Gasteiger partial charge in [-0.05, 0) is 43.5 Å². The Morgan fingerprint density at radius 1 is 1.05 bits per heavy atom. The van der Waals surface area contributed by atoms with E-state index in [1.54, 1.807) is 12.1 Å². The largest absolute Gasteiger partial charge is 0.355 e. The highest BCUT2D eigenvalue weighted by molar-refractivity contribution is 7.50. The van der Waals surface area contributed by atoms with Crippen LogP contribution < -0.4 is 5.32 Å². The molecule has 3 N–H and O–H groups in total. The van der Waals surface area contributed by atoms with Gasteiger partial charge in [-0.2, -0.15) is 0 Å². The molecule has 0 aliphatic rings. The Morgan fingerprint density at radius 2 is 1.62 bits per heavy atom. The monoisotopic (exact) mass is 305 g/mol. The van der Waals surface area contributed by atoms with Crippen molar-refractivity contribution in [2.24, 2.45) is 0 Å². The molecule has 0 amide bonds. The van der Waals surface area contributed by atoms with Crippen LogP contribution in [0.5, 0.6) is 0 Å². The van der Waals surface area contributed by atoms with E-state index in [0.29, 0.717) is 5.56 Å². The summed E-state index contributed by atoms with van der Waals surface area (Å²) < 4.78 is 11.3. The summed E-state index contributed by atoms with van der Waals surface area (Å²) >= 11 is 0. The first-order chi connectivity index (χ1) is 9.76. The Hall–Kier alpha value is -1.61. The third-order valence-corrected chi connectivity index (χ3v) is 4.08. The van der Waals surface area contributed by atoms with Crippen LogP contribution in [0.3, 0.4) is 0 Å². The maximum atomic E-state index is 11.3. The zero-order valence-electron chi connectivity index (χ0n) is 12.4. The van der Waals surface area contributed by atoms with Crippen molar-refractivity contribution in [1.29, 1.82) is 0 Å². The Labute approximate surface area is 125 Å². The highest BCUT2D eigenvalue weighted by Gasteiger charge is 2.17. The van der Waals surface area contributed by atoms with Crippen LogP contribution in [-0.2, 0) is 10.7 Å². The molecule has 4 nitrogen and oxygen atoms in total. The van der Waals surface area contributed by atoms with E-state index in [1.165, 1.54) is 5.56 Å². The molecular formula is C16H20NO3P. The minimum atomic E-state index is -4.09. The maximum absolute atomic E-state index is 11.3. The van der Waals surface area contributed by atoms with Crippen molar-refractivity contribution in [3.8, 4) is 0 Å². The van der Waals surface area contributed by atoms with E-state index in [2.05, 4.69) is 17.4 Å². The van der Waals surface area contributed by atoms with E-state index < -0.39 is 7.60 Å². The van der Waals surface area contributed by atoms with Gasteiger partial charge in [-0.1, -0.05) is 35.9 Å². The van der Waals surface area contributed by atoms with E-state index in [4.69, 9.17) is 0 Å². The summed E-state index contributed by atoms with van der Waals surface area (Å²) in [5.74, 6) is 0. The van der Waals surface area contributed by atoms with Gasteiger partial charge >= 0.3 is 7.60 Å². The number of nitrogens with one attached hydrogen (secondary N) is 1. The van der Waals surface area contributed by atoms with Crippen molar-refractivity contribution in [3.05, 3.63) is 58.7 Å². The molecule has 112 valence electrons. The number of benzene rings is 2. The Bertz CT molecular complexity index is 683. The third-order valence-electron chi connectivity index (χ3n) is 3.33. The first-order valence-corrected chi connectivity index (χ1v) is 8.53. The number of aryl methyl sites for hydroxylation is 3. The van der Waals surface area contributed by atoms with Crippen LogP contribution in [0.2, 0.25) is 0 Å². The molecule has 0 radical (unpaired) electrons. The Morgan fingerprint density at radius 3 is 2.19 bits per heavy atom. The van der Waals surface area contributed by atoms with Gasteiger partial charge in [0.2, 0.25) is 0 Å². The normalized spacial score (nSPS) is 11.5. The van der Waals surface area contributed by atoms with Crippen LogP contribution in [0.15, 0.2) is 36.4 Å². The lowest BCUT2D eigenvalue weighted by molar-refractivity contribution is 0.372. The first kappa shape index (κ1) is 15.8. The van der Waals surface area contributed by atoms with Gasteiger partial charge in [-0.15, -0.1) is 0 Å². The fourth-order valence-corrected chi connectivity index (χ4v) is 3.23. The number of hydrogen-bond acceptors (Lipinski definition) is 2. The van der Waals surface area contributed by atoms with E-state index in [0.717, 1.165) is 22.5 Å². The molecule has 0 unspecified atom stereocenters. The van der Waals surface area contributed by atoms with Gasteiger partial charge in [0.15, 0.2) is 0 Å². The Balaban J connectivity index is 2.39. The predicted octanol–water partition coefficient (Wildman–Crippen LogP) is 4.03. The van der Waals surface area contributed by atoms with Crippen LogP contribution in [0.1, 0.15) is 22.3 Å². The highest BCUT2D eigenvalue weighted by Crippen LogP contribution is 2.41. The highest BCUT2D eigenvalue weighted by atomic mass is 31.2. The van der Waals surface area contributed by atoms with Crippen LogP contribution in [0, 0.1) is 20.8 Å². The van der Waals surface area contributed by atoms with Crippen LogP contribution in [-0.4, -0.2) is 9.79 Å². The van der Waals surface area contributed by atoms with Gasteiger partial charge in [0.25, 0.3) is 0 Å². The zero-order chi connectivity index (χ0) is 15.6. The second-order valence-electron chi connectivity index (χ2n) is 5.38. The minimum Gasteiger partial charge on any atom is -0.355 e. The molecule has 0 heterocycles. The predicted molar refractivity (Wildman–Crippen MR) is 86.1 cm³/mol. The van der Waals surface area contributed by atoms with Crippen molar-refractivity contribution in [3.63, 3.8) is 0 Å². The average Bonchev–Trinajstić information content (AvgIpc) is 2.33. The lowest BCUT2D eigenvalue weighted by Crippen LogP contribution is -2.00. The second-order valence-corrected chi connectivity index (χ2v) is 7.02. The molecule has 0 aliphatic carbocycles. The lowest BCUT2D eigenvalue weighted by Gasteiger charge is -2.17. The molecule has 0 fully saturated rings. The van der Waals surface area contributed by atoms with Crippen molar-refractivity contribution < 1.29 is 14.4 Å². The van der Waals surface area contributed by atoms with Gasteiger partial charge in [0.1, 0.15) is 0 Å². The van der Waals surface area contributed by atoms with Crippen molar-refractivity contribution >= 4 is 19.0 Å². The molecule has 0 saturated heterocycles. The molecule has 0 aliphatic heterocycles. The molecule has 0 bridgehead atoms. The molecular weight excluding hydrogens is 285 g/mol. The van der Waals surface area contributed by atoms with Crippen molar-refractivity contribution in [2.75, 3.05) is 5.32 Å². The van der Waals surface area contributed by atoms with Gasteiger partial charge in [0, 0.05) is 11.4 Å². The summed E-state index contributed by atoms with van der Waals surface area (Å²) in [6.07, 6.45) is -0.264. The second kappa shape index (κ2) is 6.02. The fraction of sp³-hybridized carbons (Fsp3) is 0.250. The molecule has 2 aromatic carbocycles. The average molecular weight is 305 g/mol. The topological polar surface area (TPSA) is 69.6 Å². The van der Waals surface area contributed by atoms with E-state index >= 15 is 0 Å². The van der Waals surface area contributed by atoms with Crippen molar-refractivity contribution in [1.82, 2.24) is 0 Å². The quantitative estimate of drug-likeness (QED) is 0.746. The minimum absolute atomic E-state index is 0.264. The summed E-state index contributed by atoms with van der Waals surface area (Å²) in [4.78, 5) is 18.4. The first-order valence-electron chi connectivity index (χ1n) is 6.73. The zero-order valence-corrected chi connectivity index (χ0v) is 13.3. The number of hydrogen-bond donors (Lipinski definition) is 3. The van der Waals surface area contributed by atoms with Crippen LogP contribution >= 0.6 is 7.60 Å². The van der Waals surface area contributed by atoms with Crippen LogP contribution in [0.25, 0.3) is 0 Å². The maximum Gasteiger partial charge on any atom is 0.329 e. The smallest absolute Gasteiger partial charge is 0.329 e. The standard InChI is InChI=1S/C16H20NO3P/c1-11-8-12(2)16(13(3)9-11)17-15-7-5-4-6-14(15)10-21(18,19)20/h4-9,17H,10H2,1-3H3,(H2,18,19,20). The molecule has 2 aromatic rings. The summed E-state index contributed by atoms with van der Waals surface area (Å²) in [5, 5.41) is 3.32. The molecule has 0 saturated carbocycles. The summed E-state index contributed by atoms with van der Waals surface area (Å²) in [5.41, 5.74) is 5.75. The molecule has 0 aromatic heterocycles.